The predicted octanol–water partition coefficient (Wildman–Crippen LogP) is 3.85. The van der Waals surface area contributed by atoms with Crippen molar-refractivity contribution in [2.45, 2.75) is 58.4 Å². The van der Waals surface area contributed by atoms with Crippen LogP contribution in [0.15, 0.2) is 6.33 Å². The van der Waals surface area contributed by atoms with Crippen LogP contribution in [0.4, 0.5) is 5.82 Å². The molecule has 1 aromatic rings. The minimum atomic E-state index is 0.550. The summed E-state index contributed by atoms with van der Waals surface area (Å²) in [5.74, 6) is 1.06. The topological polar surface area (TPSA) is 29.0 Å². The Balaban J connectivity index is 2.32. The van der Waals surface area contributed by atoms with Gasteiger partial charge in [0.15, 0.2) is 0 Å². The fourth-order valence-corrected chi connectivity index (χ4v) is 2.91. The van der Waals surface area contributed by atoms with Crippen molar-refractivity contribution >= 4 is 17.4 Å². The molecule has 2 rings (SSSR count). The van der Waals surface area contributed by atoms with Crippen LogP contribution in [0, 0.1) is 0 Å². The van der Waals surface area contributed by atoms with Gasteiger partial charge in [-0.15, -0.1) is 0 Å². The minimum Gasteiger partial charge on any atom is -0.354 e. The molecule has 1 unspecified atom stereocenters. The fraction of sp³-hybridized carbons (Fsp3) is 0.714. The summed E-state index contributed by atoms with van der Waals surface area (Å²) >= 11 is 6.24. The molecule has 1 fully saturated rings. The molecule has 1 aliphatic heterocycles. The Morgan fingerprint density at radius 1 is 1.33 bits per heavy atom. The molecule has 1 saturated heterocycles. The first kappa shape index (κ1) is 13.6. The van der Waals surface area contributed by atoms with E-state index in [4.69, 9.17) is 11.6 Å². The third kappa shape index (κ3) is 2.94. The number of rotatable bonds is 3. The Labute approximate surface area is 115 Å². The lowest BCUT2D eigenvalue weighted by Gasteiger charge is -2.30. The summed E-state index contributed by atoms with van der Waals surface area (Å²) < 4.78 is 0. The first-order chi connectivity index (χ1) is 8.74. The van der Waals surface area contributed by atoms with Crippen LogP contribution in [-0.4, -0.2) is 22.6 Å². The number of aromatic nitrogens is 2. The summed E-state index contributed by atoms with van der Waals surface area (Å²) in [4.78, 5) is 11.1. The first-order valence-electron chi connectivity index (χ1n) is 7.00. The third-order valence-corrected chi connectivity index (χ3v) is 4.02. The van der Waals surface area contributed by atoms with E-state index in [1.807, 2.05) is 0 Å². The van der Waals surface area contributed by atoms with Crippen molar-refractivity contribution in [2.24, 2.45) is 0 Å². The average Bonchev–Trinajstić information content (AvgIpc) is 2.57. The van der Waals surface area contributed by atoms with Crippen molar-refractivity contribution in [3.63, 3.8) is 0 Å². The molecule has 0 amide bonds. The van der Waals surface area contributed by atoms with Gasteiger partial charge in [0.1, 0.15) is 17.3 Å². The van der Waals surface area contributed by atoms with Gasteiger partial charge in [-0.05, 0) is 26.2 Å². The summed E-state index contributed by atoms with van der Waals surface area (Å²) in [7, 11) is 0. The lowest BCUT2D eigenvalue weighted by atomic mass is 10.1. The Morgan fingerprint density at radius 3 is 2.94 bits per heavy atom. The molecule has 0 N–H and O–H groups in total. The maximum Gasteiger partial charge on any atom is 0.137 e. The van der Waals surface area contributed by atoms with Crippen molar-refractivity contribution < 1.29 is 0 Å². The maximum absolute atomic E-state index is 6.24. The van der Waals surface area contributed by atoms with Crippen LogP contribution in [0.3, 0.4) is 0 Å². The van der Waals surface area contributed by atoms with E-state index in [1.54, 1.807) is 6.33 Å². The molecule has 18 heavy (non-hydrogen) atoms. The predicted molar refractivity (Wildman–Crippen MR) is 76.3 cm³/mol. The third-order valence-electron chi connectivity index (χ3n) is 3.70. The normalized spacial score (nSPS) is 20.8. The van der Waals surface area contributed by atoms with Crippen LogP contribution in [0.1, 0.15) is 51.5 Å². The van der Waals surface area contributed by atoms with Crippen molar-refractivity contribution in [2.75, 3.05) is 11.4 Å². The van der Waals surface area contributed by atoms with Gasteiger partial charge in [0.05, 0.1) is 0 Å². The molecule has 0 aromatic carbocycles. The van der Waals surface area contributed by atoms with Crippen molar-refractivity contribution in [3.8, 4) is 0 Å². The average molecular weight is 268 g/mol. The van der Waals surface area contributed by atoms with Crippen LogP contribution in [0.2, 0.25) is 5.15 Å². The van der Waals surface area contributed by atoms with Gasteiger partial charge >= 0.3 is 0 Å². The van der Waals surface area contributed by atoms with E-state index in [2.05, 4.69) is 28.7 Å². The summed E-state index contributed by atoms with van der Waals surface area (Å²) in [5.41, 5.74) is 1.12. The minimum absolute atomic E-state index is 0.550. The second kappa shape index (κ2) is 6.37. The molecule has 3 nitrogen and oxygen atoms in total. The van der Waals surface area contributed by atoms with E-state index >= 15 is 0 Å². The second-order valence-corrected chi connectivity index (χ2v) is 5.47. The SMILES string of the molecule is CCCc1c(Cl)ncnc1N1CCCCCC1C. The van der Waals surface area contributed by atoms with Gasteiger partial charge in [0.2, 0.25) is 0 Å². The fourth-order valence-electron chi connectivity index (χ4n) is 2.68. The molecule has 0 bridgehead atoms. The lowest BCUT2D eigenvalue weighted by Crippen LogP contribution is -2.34. The van der Waals surface area contributed by atoms with Crippen LogP contribution in [0.25, 0.3) is 0 Å². The van der Waals surface area contributed by atoms with E-state index < -0.39 is 0 Å². The Hall–Kier alpha value is -0.830. The zero-order valence-corrected chi connectivity index (χ0v) is 12.1. The molecular formula is C14H22ClN3. The Bertz CT molecular complexity index is 395. The standard InChI is InChI=1S/C14H22ClN3/c1-3-7-12-13(15)16-10-17-14(12)18-9-6-4-5-8-11(18)2/h10-11H,3-9H2,1-2H3. The van der Waals surface area contributed by atoms with Gasteiger partial charge in [-0.25, -0.2) is 9.97 Å². The van der Waals surface area contributed by atoms with Crippen molar-refractivity contribution in [1.82, 2.24) is 9.97 Å². The first-order valence-corrected chi connectivity index (χ1v) is 7.37. The maximum atomic E-state index is 6.24. The highest BCUT2D eigenvalue weighted by Gasteiger charge is 2.22. The van der Waals surface area contributed by atoms with Crippen LogP contribution < -0.4 is 4.90 Å². The smallest absolute Gasteiger partial charge is 0.137 e. The lowest BCUT2D eigenvalue weighted by molar-refractivity contribution is 0.607. The van der Waals surface area contributed by atoms with Crippen molar-refractivity contribution in [1.29, 1.82) is 0 Å². The number of hydrogen-bond acceptors (Lipinski definition) is 3. The summed E-state index contributed by atoms with van der Waals surface area (Å²) in [6.07, 6.45) is 8.75. The van der Waals surface area contributed by atoms with E-state index in [1.165, 1.54) is 25.7 Å². The van der Waals surface area contributed by atoms with E-state index in [9.17, 15) is 0 Å². The molecule has 2 heterocycles. The zero-order valence-electron chi connectivity index (χ0n) is 11.3. The molecule has 1 aliphatic rings. The molecule has 100 valence electrons. The molecule has 0 saturated carbocycles. The van der Waals surface area contributed by atoms with Gasteiger partial charge < -0.3 is 4.90 Å². The summed E-state index contributed by atoms with van der Waals surface area (Å²) in [5, 5.41) is 0.623. The van der Waals surface area contributed by atoms with E-state index in [0.29, 0.717) is 11.2 Å². The largest absolute Gasteiger partial charge is 0.354 e. The highest BCUT2D eigenvalue weighted by Crippen LogP contribution is 2.29. The van der Waals surface area contributed by atoms with Gasteiger partial charge in [-0.1, -0.05) is 37.8 Å². The molecule has 1 atom stereocenters. The highest BCUT2D eigenvalue weighted by molar-refractivity contribution is 6.30. The van der Waals surface area contributed by atoms with Crippen LogP contribution >= 0.6 is 11.6 Å². The zero-order chi connectivity index (χ0) is 13.0. The molecular weight excluding hydrogens is 246 g/mol. The number of halogens is 1. The van der Waals surface area contributed by atoms with Crippen LogP contribution in [0.5, 0.6) is 0 Å². The Morgan fingerprint density at radius 2 is 2.17 bits per heavy atom. The monoisotopic (exact) mass is 267 g/mol. The van der Waals surface area contributed by atoms with Crippen LogP contribution in [-0.2, 0) is 6.42 Å². The van der Waals surface area contributed by atoms with Gasteiger partial charge in [-0.2, -0.15) is 0 Å². The van der Waals surface area contributed by atoms with Crippen molar-refractivity contribution in [3.05, 3.63) is 17.0 Å². The molecule has 0 spiro atoms. The van der Waals surface area contributed by atoms with Gasteiger partial charge in [0.25, 0.3) is 0 Å². The number of anilines is 1. The summed E-state index contributed by atoms with van der Waals surface area (Å²) in [6, 6.07) is 0.550. The Kier molecular flexibility index (Phi) is 4.81. The van der Waals surface area contributed by atoms with E-state index in [-0.39, 0.29) is 0 Å². The quantitative estimate of drug-likeness (QED) is 0.779. The number of nitrogens with zero attached hydrogens (tertiary/aromatic N) is 3. The molecule has 0 aliphatic carbocycles. The second-order valence-electron chi connectivity index (χ2n) is 5.11. The van der Waals surface area contributed by atoms with Gasteiger partial charge in [-0.3, -0.25) is 0 Å². The van der Waals surface area contributed by atoms with E-state index in [0.717, 1.165) is 30.8 Å². The van der Waals surface area contributed by atoms with Gasteiger partial charge in [0, 0.05) is 18.2 Å². The summed E-state index contributed by atoms with van der Waals surface area (Å²) in [6.45, 7) is 5.54. The molecule has 4 heteroatoms. The molecule has 1 aromatic heterocycles. The number of hydrogen-bond donors (Lipinski definition) is 0. The highest BCUT2D eigenvalue weighted by atomic mass is 35.5. The molecule has 0 radical (unpaired) electrons.